The molecule has 1 fully saturated rings. The van der Waals surface area contributed by atoms with Crippen LogP contribution in [0.15, 0.2) is 0 Å². The predicted octanol–water partition coefficient (Wildman–Crippen LogP) is 2.92. The molecule has 4 heteroatoms. The summed E-state index contributed by atoms with van der Waals surface area (Å²) in [7, 11) is 0. The van der Waals surface area contributed by atoms with Crippen LogP contribution in [0.5, 0.6) is 0 Å². The van der Waals surface area contributed by atoms with Gasteiger partial charge in [-0.1, -0.05) is 13.8 Å². The maximum absolute atomic E-state index is 8.96. The molecule has 1 saturated carbocycles. The SMILES string of the molecule is Cc1nc(C2CCC(C)(C)CC2)nc(N)c1C#N. The van der Waals surface area contributed by atoms with E-state index in [9.17, 15) is 0 Å². The van der Waals surface area contributed by atoms with Gasteiger partial charge in [-0.05, 0) is 38.0 Å². The highest BCUT2D eigenvalue weighted by atomic mass is 15.0. The van der Waals surface area contributed by atoms with Gasteiger partial charge in [0.05, 0.1) is 5.69 Å². The molecule has 0 aromatic carbocycles. The summed E-state index contributed by atoms with van der Waals surface area (Å²) in [6.07, 6.45) is 4.61. The molecule has 0 spiro atoms. The van der Waals surface area contributed by atoms with Gasteiger partial charge in [-0.3, -0.25) is 0 Å². The largest absolute Gasteiger partial charge is 0.382 e. The van der Waals surface area contributed by atoms with Crippen LogP contribution in [0.4, 0.5) is 5.82 Å². The zero-order valence-corrected chi connectivity index (χ0v) is 11.3. The first-order chi connectivity index (χ1) is 8.43. The van der Waals surface area contributed by atoms with Crippen LogP contribution in [-0.2, 0) is 0 Å². The molecule has 0 atom stereocenters. The van der Waals surface area contributed by atoms with Crippen molar-refractivity contribution in [2.45, 2.75) is 52.4 Å². The minimum Gasteiger partial charge on any atom is -0.382 e. The molecule has 0 amide bonds. The van der Waals surface area contributed by atoms with E-state index in [4.69, 9.17) is 11.0 Å². The minimum absolute atomic E-state index is 0.324. The number of nitriles is 1. The summed E-state index contributed by atoms with van der Waals surface area (Å²) in [5.74, 6) is 1.54. The number of aryl methyl sites for hydroxylation is 1. The summed E-state index contributed by atoms with van der Waals surface area (Å²) in [5, 5.41) is 8.96. The molecule has 1 aromatic heterocycles. The van der Waals surface area contributed by atoms with E-state index < -0.39 is 0 Å². The van der Waals surface area contributed by atoms with E-state index in [-0.39, 0.29) is 0 Å². The highest BCUT2D eigenvalue weighted by molar-refractivity contribution is 5.50. The molecule has 1 aromatic rings. The monoisotopic (exact) mass is 244 g/mol. The van der Waals surface area contributed by atoms with Gasteiger partial charge in [0.15, 0.2) is 0 Å². The molecule has 96 valence electrons. The van der Waals surface area contributed by atoms with Crippen LogP contribution in [0.1, 0.15) is 62.5 Å². The third kappa shape index (κ3) is 2.45. The lowest BCUT2D eigenvalue weighted by Crippen LogP contribution is -2.22. The summed E-state index contributed by atoms with van der Waals surface area (Å²) in [4.78, 5) is 8.78. The van der Waals surface area contributed by atoms with Gasteiger partial charge < -0.3 is 5.73 Å². The maximum Gasteiger partial charge on any atom is 0.145 e. The van der Waals surface area contributed by atoms with E-state index in [0.29, 0.717) is 28.4 Å². The average molecular weight is 244 g/mol. The summed E-state index contributed by atoms with van der Waals surface area (Å²) >= 11 is 0. The van der Waals surface area contributed by atoms with Crippen LogP contribution < -0.4 is 5.73 Å². The molecule has 1 aliphatic carbocycles. The fourth-order valence-electron chi connectivity index (χ4n) is 2.60. The molecule has 18 heavy (non-hydrogen) atoms. The molecule has 0 radical (unpaired) electrons. The van der Waals surface area contributed by atoms with Crippen LogP contribution in [0.25, 0.3) is 0 Å². The molecule has 0 unspecified atom stereocenters. The number of hydrogen-bond acceptors (Lipinski definition) is 4. The van der Waals surface area contributed by atoms with Crippen molar-refractivity contribution in [3.8, 4) is 6.07 Å². The van der Waals surface area contributed by atoms with E-state index in [2.05, 4.69) is 29.9 Å². The first kappa shape index (κ1) is 12.8. The van der Waals surface area contributed by atoms with Crippen molar-refractivity contribution in [2.24, 2.45) is 5.41 Å². The topological polar surface area (TPSA) is 75.6 Å². The lowest BCUT2D eigenvalue weighted by atomic mass is 9.73. The highest BCUT2D eigenvalue weighted by Gasteiger charge is 2.29. The van der Waals surface area contributed by atoms with Gasteiger partial charge in [-0.2, -0.15) is 5.26 Å². The van der Waals surface area contributed by atoms with E-state index in [1.807, 2.05) is 6.92 Å². The van der Waals surface area contributed by atoms with Crippen LogP contribution in [0.3, 0.4) is 0 Å². The zero-order chi connectivity index (χ0) is 13.3. The van der Waals surface area contributed by atoms with E-state index in [0.717, 1.165) is 18.7 Å². The van der Waals surface area contributed by atoms with E-state index >= 15 is 0 Å². The molecule has 0 bridgehead atoms. The number of anilines is 1. The lowest BCUT2D eigenvalue weighted by molar-refractivity contribution is 0.221. The number of rotatable bonds is 1. The summed E-state index contributed by atoms with van der Waals surface area (Å²) < 4.78 is 0. The smallest absolute Gasteiger partial charge is 0.145 e. The molecule has 0 saturated heterocycles. The Morgan fingerprint density at radius 3 is 2.39 bits per heavy atom. The molecular formula is C14H20N4. The molecule has 2 rings (SSSR count). The van der Waals surface area contributed by atoms with Gasteiger partial charge in [0.2, 0.25) is 0 Å². The van der Waals surface area contributed by atoms with Gasteiger partial charge in [0.25, 0.3) is 0 Å². The van der Waals surface area contributed by atoms with Gasteiger partial charge in [0.1, 0.15) is 23.3 Å². The second kappa shape index (κ2) is 4.56. The van der Waals surface area contributed by atoms with Gasteiger partial charge in [-0.15, -0.1) is 0 Å². The van der Waals surface area contributed by atoms with Crippen molar-refractivity contribution < 1.29 is 0 Å². The Hall–Kier alpha value is -1.63. The Morgan fingerprint density at radius 1 is 1.28 bits per heavy atom. The van der Waals surface area contributed by atoms with Crippen molar-refractivity contribution in [3.05, 3.63) is 17.1 Å². The average Bonchev–Trinajstić information content (AvgIpc) is 2.28. The first-order valence-corrected chi connectivity index (χ1v) is 6.47. The zero-order valence-electron chi connectivity index (χ0n) is 11.3. The van der Waals surface area contributed by atoms with Gasteiger partial charge in [-0.25, -0.2) is 9.97 Å². The number of nitrogen functional groups attached to an aromatic ring is 1. The summed E-state index contributed by atoms with van der Waals surface area (Å²) in [6, 6.07) is 2.06. The minimum atomic E-state index is 0.324. The maximum atomic E-state index is 8.96. The normalized spacial score (nSPS) is 19.4. The van der Waals surface area contributed by atoms with E-state index in [1.54, 1.807) is 0 Å². The van der Waals surface area contributed by atoms with Crippen molar-refractivity contribution in [1.82, 2.24) is 9.97 Å². The highest BCUT2D eigenvalue weighted by Crippen LogP contribution is 2.41. The Balaban J connectivity index is 2.23. The fourth-order valence-corrected chi connectivity index (χ4v) is 2.60. The van der Waals surface area contributed by atoms with Gasteiger partial charge >= 0.3 is 0 Å². The second-order valence-electron chi connectivity index (χ2n) is 5.98. The summed E-state index contributed by atoms with van der Waals surface area (Å²) in [5.41, 5.74) is 7.36. The first-order valence-electron chi connectivity index (χ1n) is 6.47. The number of nitrogens with zero attached hydrogens (tertiary/aromatic N) is 3. The quantitative estimate of drug-likeness (QED) is 0.824. The second-order valence-corrected chi connectivity index (χ2v) is 5.98. The Morgan fingerprint density at radius 2 is 1.89 bits per heavy atom. The van der Waals surface area contributed by atoms with Crippen LogP contribution in [0, 0.1) is 23.7 Å². The third-order valence-corrected chi connectivity index (χ3v) is 3.95. The lowest BCUT2D eigenvalue weighted by Gasteiger charge is -2.33. The third-order valence-electron chi connectivity index (χ3n) is 3.95. The van der Waals surface area contributed by atoms with Crippen LogP contribution in [-0.4, -0.2) is 9.97 Å². The Bertz CT molecular complexity index is 466. The molecule has 4 nitrogen and oxygen atoms in total. The van der Waals surface area contributed by atoms with Crippen molar-refractivity contribution in [3.63, 3.8) is 0 Å². The summed E-state index contributed by atoms with van der Waals surface area (Å²) in [6.45, 7) is 6.44. The van der Waals surface area contributed by atoms with E-state index in [1.165, 1.54) is 12.8 Å². The number of aromatic nitrogens is 2. The molecule has 1 aliphatic rings. The number of hydrogen-bond donors (Lipinski definition) is 1. The molecular weight excluding hydrogens is 224 g/mol. The van der Waals surface area contributed by atoms with Crippen molar-refractivity contribution >= 4 is 5.82 Å². The standard InChI is InChI=1S/C14H20N4/c1-9-11(8-15)12(16)18-13(17-9)10-4-6-14(2,3)7-5-10/h10H,4-7H2,1-3H3,(H2,16,17,18). The fraction of sp³-hybridized carbons (Fsp3) is 0.643. The molecule has 0 aliphatic heterocycles. The van der Waals surface area contributed by atoms with Crippen LogP contribution in [0.2, 0.25) is 0 Å². The van der Waals surface area contributed by atoms with Crippen molar-refractivity contribution in [2.75, 3.05) is 5.73 Å². The number of nitrogens with two attached hydrogens (primary N) is 1. The van der Waals surface area contributed by atoms with Crippen molar-refractivity contribution in [1.29, 1.82) is 5.26 Å². The van der Waals surface area contributed by atoms with Gasteiger partial charge in [0, 0.05) is 5.92 Å². The molecule has 1 heterocycles. The predicted molar refractivity (Wildman–Crippen MR) is 70.9 cm³/mol. The Labute approximate surface area is 108 Å². The van der Waals surface area contributed by atoms with Crippen LogP contribution >= 0.6 is 0 Å². The molecule has 2 N–H and O–H groups in total. The Kier molecular flexibility index (Phi) is 3.25.